The van der Waals surface area contributed by atoms with Crippen LogP contribution in [0.15, 0.2) is 64.4 Å². The number of aromatic nitrogens is 3. The van der Waals surface area contributed by atoms with Crippen molar-refractivity contribution in [3.8, 4) is 33.7 Å². The number of nitrogens with zero attached hydrogens (tertiary/aromatic N) is 4. The normalized spacial score (nSPS) is 13.8. The van der Waals surface area contributed by atoms with Crippen LogP contribution in [0.5, 0.6) is 5.75 Å². The van der Waals surface area contributed by atoms with Gasteiger partial charge in [-0.25, -0.2) is 9.18 Å². The lowest BCUT2D eigenvalue weighted by Crippen LogP contribution is -2.45. The van der Waals surface area contributed by atoms with Crippen LogP contribution < -0.4 is 21.5 Å². The van der Waals surface area contributed by atoms with Crippen molar-refractivity contribution in [2.75, 3.05) is 31.1 Å². The summed E-state index contributed by atoms with van der Waals surface area (Å²) in [4.78, 5) is 27.2. The molecule has 186 valence electrons. The zero-order valence-corrected chi connectivity index (χ0v) is 20.6. The first-order valence-electron chi connectivity index (χ1n) is 11.5. The zero-order valence-electron chi connectivity index (χ0n) is 19.8. The van der Waals surface area contributed by atoms with Crippen molar-refractivity contribution in [3.05, 3.63) is 86.5 Å². The topological polar surface area (TPSA) is 84.4 Å². The van der Waals surface area contributed by atoms with Crippen LogP contribution in [0.2, 0.25) is 5.02 Å². The van der Waals surface area contributed by atoms with Crippen molar-refractivity contribution in [3.63, 3.8) is 0 Å². The van der Waals surface area contributed by atoms with E-state index in [2.05, 4.69) is 10.2 Å². The third-order valence-electron chi connectivity index (χ3n) is 6.53. The van der Waals surface area contributed by atoms with Gasteiger partial charge in [0.1, 0.15) is 17.4 Å². The number of aromatic hydroxyl groups is 1. The largest absolute Gasteiger partial charge is 0.507 e. The van der Waals surface area contributed by atoms with Gasteiger partial charge in [0.2, 0.25) is 0 Å². The molecule has 2 aromatic heterocycles. The monoisotopic (exact) mass is 509 g/mol. The molecule has 5 rings (SSSR count). The van der Waals surface area contributed by atoms with Gasteiger partial charge in [-0.1, -0.05) is 17.7 Å². The summed E-state index contributed by atoms with van der Waals surface area (Å²) in [5, 5.41) is 14.8. The molecular formula is C26H25ClFN5O3. The van der Waals surface area contributed by atoms with Crippen molar-refractivity contribution in [1.82, 2.24) is 19.0 Å². The second-order valence-corrected chi connectivity index (χ2v) is 9.22. The third-order valence-corrected chi connectivity index (χ3v) is 6.83. The number of piperazine rings is 1. The van der Waals surface area contributed by atoms with Crippen molar-refractivity contribution in [2.45, 2.75) is 0 Å². The average molecular weight is 510 g/mol. The predicted molar refractivity (Wildman–Crippen MR) is 139 cm³/mol. The molecule has 1 aliphatic rings. The molecule has 0 saturated carbocycles. The van der Waals surface area contributed by atoms with E-state index in [1.165, 1.54) is 27.3 Å². The maximum absolute atomic E-state index is 14.8. The highest BCUT2D eigenvalue weighted by atomic mass is 35.5. The number of nitrogens with one attached hydrogen (secondary N) is 1. The van der Waals surface area contributed by atoms with Gasteiger partial charge in [0.15, 0.2) is 0 Å². The molecule has 2 aromatic carbocycles. The quantitative estimate of drug-likeness (QED) is 0.441. The number of imidazole rings is 1. The number of halogens is 2. The fourth-order valence-corrected chi connectivity index (χ4v) is 4.80. The van der Waals surface area contributed by atoms with Gasteiger partial charge < -0.3 is 19.9 Å². The summed E-state index contributed by atoms with van der Waals surface area (Å²) in [7, 11) is 3.33. The molecule has 0 spiro atoms. The van der Waals surface area contributed by atoms with Crippen molar-refractivity contribution < 1.29 is 9.50 Å². The molecule has 8 nitrogen and oxygen atoms in total. The number of hydrogen-bond acceptors (Lipinski definition) is 5. The Hall–Kier alpha value is -3.82. The van der Waals surface area contributed by atoms with Gasteiger partial charge in [-0.2, -0.15) is 0 Å². The highest BCUT2D eigenvalue weighted by molar-refractivity contribution is 6.32. The van der Waals surface area contributed by atoms with E-state index in [-0.39, 0.29) is 33.1 Å². The predicted octanol–water partition coefficient (Wildman–Crippen LogP) is 3.12. The van der Waals surface area contributed by atoms with E-state index in [9.17, 15) is 19.1 Å². The number of phenols is 1. The van der Waals surface area contributed by atoms with Crippen LogP contribution in [0.3, 0.4) is 0 Å². The number of pyridine rings is 1. The van der Waals surface area contributed by atoms with Crippen LogP contribution in [-0.4, -0.2) is 45.0 Å². The maximum atomic E-state index is 14.8. The van der Waals surface area contributed by atoms with Crippen LogP contribution in [0.4, 0.5) is 10.2 Å². The van der Waals surface area contributed by atoms with Gasteiger partial charge >= 0.3 is 5.69 Å². The summed E-state index contributed by atoms with van der Waals surface area (Å²) in [6.45, 7) is 3.04. The molecule has 1 fully saturated rings. The molecule has 0 unspecified atom stereocenters. The van der Waals surface area contributed by atoms with Gasteiger partial charge in [-0.3, -0.25) is 13.9 Å². The van der Waals surface area contributed by atoms with Crippen molar-refractivity contribution in [1.29, 1.82) is 0 Å². The first-order chi connectivity index (χ1) is 17.2. The number of hydrogen-bond donors (Lipinski definition) is 2. The lowest BCUT2D eigenvalue weighted by Gasteiger charge is -2.31. The third kappa shape index (κ3) is 4.20. The van der Waals surface area contributed by atoms with Crippen LogP contribution in [0, 0.1) is 5.82 Å². The molecule has 36 heavy (non-hydrogen) atoms. The summed E-state index contributed by atoms with van der Waals surface area (Å²) in [5.74, 6) is -0.0387. The standard InChI is InChI=1S/C26H25ClFN5O3/c1-30-9-10-33(26(30)36)22-4-3-16(11-21(22)27)19-14-18(28)15-20(25(19)35)17-12-23(31(2)24(34)13-17)32-7-5-29-6-8-32/h3-4,9-15,29,35H,5-8H2,1-2H3. The molecule has 0 atom stereocenters. The van der Waals surface area contributed by atoms with Crippen LogP contribution in [-0.2, 0) is 14.1 Å². The van der Waals surface area contributed by atoms with Crippen molar-refractivity contribution >= 4 is 17.4 Å². The molecule has 1 saturated heterocycles. The summed E-state index contributed by atoms with van der Waals surface area (Å²) in [5.41, 5.74) is 1.27. The van der Waals surface area contributed by atoms with Gasteiger partial charge in [0.05, 0.1) is 10.7 Å². The smallest absolute Gasteiger partial charge is 0.332 e. The van der Waals surface area contributed by atoms with E-state index in [0.717, 1.165) is 26.2 Å². The summed E-state index contributed by atoms with van der Waals surface area (Å²) < 4.78 is 19.2. The Kier molecular flexibility index (Phi) is 6.19. The minimum absolute atomic E-state index is 0.170. The molecule has 1 aliphatic heterocycles. The van der Waals surface area contributed by atoms with E-state index in [4.69, 9.17) is 11.6 Å². The van der Waals surface area contributed by atoms with Gasteiger partial charge in [0, 0.05) is 69.9 Å². The minimum atomic E-state index is -0.568. The molecule has 3 heterocycles. The number of phenolic OH excluding ortho intramolecular Hbond substituents is 1. The lowest BCUT2D eigenvalue weighted by atomic mass is 9.97. The Morgan fingerprint density at radius 2 is 1.64 bits per heavy atom. The molecule has 0 bridgehead atoms. The fourth-order valence-electron chi connectivity index (χ4n) is 4.53. The molecular weight excluding hydrogens is 485 g/mol. The molecule has 10 heteroatoms. The Bertz CT molecular complexity index is 1580. The molecule has 0 radical (unpaired) electrons. The Balaban J connectivity index is 1.60. The molecule has 0 aliphatic carbocycles. The van der Waals surface area contributed by atoms with E-state index in [1.807, 2.05) is 0 Å². The summed E-state index contributed by atoms with van der Waals surface area (Å²) in [6.07, 6.45) is 3.23. The summed E-state index contributed by atoms with van der Waals surface area (Å²) in [6, 6.07) is 10.5. The van der Waals surface area contributed by atoms with Crippen LogP contribution in [0.1, 0.15) is 0 Å². The number of aryl methyl sites for hydroxylation is 1. The van der Waals surface area contributed by atoms with E-state index >= 15 is 0 Å². The highest BCUT2D eigenvalue weighted by Crippen LogP contribution is 2.40. The first kappa shape index (κ1) is 23.9. The molecule has 2 N–H and O–H groups in total. The minimum Gasteiger partial charge on any atom is -0.507 e. The molecule has 0 amide bonds. The number of benzene rings is 2. The molecule has 4 aromatic rings. The SMILES string of the molecule is Cn1ccn(-c2ccc(-c3cc(F)cc(-c4cc(N5CCNCC5)n(C)c(=O)c4)c3O)cc2Cl)c1=O. The average Bonchev–Trinajstić information content (AvgIpc) is 3.20. The number of rotatable bonds is 4. The fraction of sp³-hybridized carbons (Fsp3) is 0.231. The Morgan fingerprint density at radius 1 is 0.944 bits per heavy atom. The Morgan fingerprint density at radius 3 is 2.28 bits per heavy atom. The highest BCUT2D eigenvalue weighted by Gasteiger charge is 2.20. The number of anilines is 1. The first-order valence-corrected chi connectivity index (χ1v) is 11.9. The van der Waals surface area contributed by atoms with Crippen LogP contribution >= 0.6 is 11.6 Å². The van der Waals surface area contributed by atoms with Gasteiger partial charge in [0.25, 0.3) is 5.56 Å². The maximum Gasteiger partial charge on any atom is 0.332 e. The lowest BCUT2D eigenvalue weighted by molar-refractivity contribution is 0.477. The van der Waals surface area contributed by atoms with Crippen molar-refractivity contribution in [2.24, 2.45) is 14.1 Å². The summed E-state index contributed by atoms with van der Waals surface area (Å²) >= 11 is 6.49. The van der Waals surface area contributed by atoms with Gasteiger partial charge in [-0.05, 0) is 41.5 Å². The Labute approximate surface area is 211 Å². The van der Waals surface area contributed by atoms with E-state index < -0.39 is 5.82 Å². The second-order valence-electron chi connectivity index (χ2n) is 8.81. The van der Waals surface area contributed by atoms with Crippen LogP contribution in [0.25, 0.3) is 27.9 Å². The zero-order chi connectivity index (χ0) is 25.6. The van der Waals surface area contributed by atoms with E-state index in [1.54, 1.807) is 55.3 Å². The van der Waals surface area contributed by atoms with Gasteiger partial charge in [-0.15, -0.1) is 0 Å². The van der Waals surface area contributed by atoms with E-state index in [0.29, 0.717) is 22.6 Å². The second kappa shape index (κ2) is 9.33.